The first-order valence-corrected chi connectivity index (χ1v) is 10.5. The van der Waals surface area contributed by atoms with Gasteiger partial charge >= 0.3 is 0 Å². The van der Waals surface area contributed by atoms with Crippen LogP contribution in [-0.2, 0) is 9.47 Å². The summed E-state index contributed by atoms with van der Waals surface area (Å²) < 4.78 is 12.4. The molecule has 3 saturated heterocycles. The van der Waals surface area contributed by atoms with Crippen LogP contribution in [0.15, 0.2) is 6.07 Å². The molecule has 140 valence electrons. The number of H-pyrrole nitrogens is 1. The van der Waals surface area contributed by atoms with Gasteiger partial charge in [0.1, 0.15) is 9.52 Å². The highest BCUT2D eigenvalue weighted by molar-refractivity contribution is 14.1. The number of ether oxygens (including phenoxy) is 2. The molecular formula is C18H24IN5O2. The van der Waals surface area contributed by atoms with Crippen molar-refractivity contribution in [2.24, 2.45) is 0 Å². The zero-order chi connectivity index (χ0) is 17.7. The number of aromatic nitrogens is 3. The molecule has 0 aliphatic carbocycles. The number of hydrogen-bond donors (Lipinski definition) is 1. The van der Waals surface area contributed by atoms with E-state index >= 15 is 0 Å². The minimum absolute atomic E-state index is 0.443. The average molecular weight is 469 g/mol. The topological polar surface area (TPSA) is 66.5 Å². The standard InChI is InChI=1S/C18H24IN5O2/c1-23(11-4-6-25-7-5-11)14-8-15(20-18-16(14)17(19)21-22-18)24-12-2-3-13(24)10-26-9-12/h8,11-13H,2-7,9-10H2,1H3,(H,20,21,22). The number of nitrogens with zero attached hydrogens (tertiary/aromatic N) is 4. The van der Waals surface area contributed by atoms with Gasteiger partial charge in [-0.3, -0.25) is 5.10 Å². The van der Waals surface area contributed by atoms with Gasteiger partial charge in [-0.15, -0.1) is 0 Å². The van der Waals surface area contributed by atoms with E-state index in [4.69, 9.17) is 14.5 Å². The third-order valence-corrected chi connectivity index (χ3v) is 6.85. The molecule has 0 saturated carbocycles. The second kappa shape index (κ2) is 6.79. The summed E-state index contributed by atoms with van der Waals surface area (Å²) in [6.45, 7) is 3.29. The van der Waals surface area contributed by atoms with Crippen LogP contribution in [0.3, 0.4) is 0 Å². The van der Waals surface area contributed by atoms with Crippen molar-refractivity contribution in [1.82, 2.24) is 15.2 Å². The van der Waals surface area contributed by atoms with Gasteiger partial charge in [-0.1, -0.05) is 0 Å². The fraction of sp³-hybridized carbons (Fsp3) is 0.667. The first-order valence-electron chi connectivity index (χ1n) is 9.43. The number of aromatic amines is 1. The molecule has 3 aliphatic heterocycles. The molecule has 7 nitrogen and oxygen atoms in total. The number of pyridine rings is 1. The zero-order valence-electron chi connectivity index (χ0n) is 14.9. The summed E-state index contributed by atoms with van der Waals surface area (Å²) >= 11 is 2.33. The molecule has 0 aromatic carbocycles. The van der Waals surface area contributed by atoms with Crippen LogP contribution in [0.2, 0.25) is 0 Å². The van der Waals surface area contributed by atoms with E-state index in [0.29, 0.717) is 18.1 Å². The van der Waals surface area contributed by atoms with Gasteiger partial charge in [0, 0.05) is 32.4 Å². The summed E-state index contributed by atoms with van der Waals surface area (Å²) in [5, 5.41) is 8.73. The van der Waals surface area contributed by atoms with Crippen molar-refractivity contribution in [2.45, 2.75) is 43.8 Å². The normalized spacial score (nSPS) is 26.6. The monoisotopic (exact) mass is 469 g/mol. The molecular weight excluding hydrogens is 445 g/mol. The van der Waals surface area contributed by atoms with Crippen molar-refractivity contribution >= 4 is 45.1 Å². The Morgan fingerprint density at radius 1 is 1.15 bits per heavy atom. The van der Waals surface area contributed by atoms with E-state index < -0.39 is 0 Å². The fourth-order valence-corrected chi connectivity index (χ4v) is 5.28. The van der Waals surface area contributed by atoms with Crippen LogP contribution < -0.4 is 9.80 Å². The van der Waals surface area contributed by atoms with Crippen LogP contribution in [0.1, 0.15) is 25.7 Å². The largest absolute Gasteiger partial charge is 0.381 e. The molecule has 2 aromatic rings. The predicted molar refractivity (Wildman–Crippen MR) is 109 cm³/mol. The molecule has 5 heterocycles. The van der Waals surface area contributed by atoms with Gasteiger partial charge in [-0.25, -0.2) is 4.98 Å². The van der Waals surface area contributed by atoms with Crippen molar-refractivity contribution < 1.29 is 9.47 Å². The molecule has 2 atom stereocenters. The van der Waals surface area contributed by atoms with Gasteiger partial charge in [-0.05, 0) is 48.3 Å². The Bertz CT molecular complexity index is 790. The van der Waals surface area contributed by atoms with E-state index in [1.165, 1.54) is 18.5 Å². The maximum Gasteiger partial charge on any atom is 0.186 e. The summed E-state index contributed by atoms with van der Waals surface area (Å²) in [5.41, 5.74) is 2.03. The molecule has 8 heteroatoms. The average Bonchev–Trinajstić information content (AvgIpc) is 3.17. The van der Waals surface area contributed by atoms with Gasteiger partial charge in [0.05, 0.1) is 36.4 Å². The second-order valence-corrected chi connectivity index (χ2v) is 8.60. The zero-order valence-corrected chi connectivity index (χ0v) is 17.1. The Labute approximate surface area is 166 Å². The molecule has 26 heavy (non-hydrogen) atoms. The number of fused-ring (bicyclic) bond motifs is 3. The van der Waals surface area contributed by atoms with Crippen molar-refractivity contribution in [1.29, 1.82) is 0 Å². The molecule has 0 amide bonds. The third kappa shape index (κ3) is 2.77. The highest BCUT2D eigenvalue weighted by Crippen LogP contribution is 2.38. The number of hydrogen-bond acceptors (Lipinski definition) is 6. The Kier molecular flexibility index (Phi) is 4.44. The maximum atomic E-state index is 5.76. The highest BCUT2D eigenvalue weighted by Gasteiger charge is 2.39. The molecule has 2 aromatic heterocycles. The van der Waals surface area contributed by atoms with Crippen LogP contribution >= 0.6 is 22.6 Å². The molecule has 2 bridgehead atoms. The molecule has 5 rings (SSSR count). The van der Waals surface area contributed by atoms with Gasteiger partial charge < -0.3 is 19.3 Å². The number of morpholine rings is 1. The Hall–Kier alpha value is -1.13. The van der Waals surface area contributed by atoms with E-state index in [9.17, 15) is 0 Å². The number of rotatable bonds is 3. The predicted octanol–water partition coefficient (Wildman–Crippen LogP) is 2.55. The molecule has 3 aliphatic rings. The Morgan fingerprint density at radius 3 is 2.62 bits per heavy atom. The van der Waals surface area contributed by atoms with E-state index in [-0.39, 0.29) is 0 Å². The lowest BCUT2D eigenvalue weighted by Crippen LogP contribution is -2.46. The van der Waals surface area contributed by atoms with Crippen LogP contribution in [0.25, 0.3) is 11.0 Å². The smallest absolute Gasteiger partial charge is 0.186 e. The Morgan fingerprint density at radius 2 is 1.88 bits per heavy atom. The summed E-state index contributed by atoms with van der Waals surface area (Å²) in [6, 6.07) is 3.65. The molecule has 3 fully saturated rings. The molecule has 0 radical (unpaired) electrons. The van der Waals surface area contributed by atoms with Gasteiger partial charge in [0.25, 0.3) is 0 Å². The lowest BCUT2D eigenvalue weighted by Gasteiger charge is -2.37. The number of anilines is 2. The SMILES string of the molecule is CN(c1cc(N2C3CCC2COC3)nc2n[nH]c(I)c12)C1CCOCC1. The van der Waals surface area contributed by atoms with E-state index in [2.05, 4.69) is 55.7 Å². The Balaban J connectivity index is 1.58. The van der Waals surface area contributed by atoms with Crippen LogP contribution in [0, 0.1) is 3.70 Å². The third-order valence-electron chi connectivity index (χ3n) is 6.07. The van der Waals surface area contributed by atoms with Gasteiger partial charge in [-0.2, -0.15) is 5.10 Å². The first kappa shape index (κ1) is 17.0. The second-order valence-electron chi connectivity index (χ2n) is 7.52. The van der Waals surface area contributed by atoms with Crippen molar-refractivity contribution in [3.05, 3.63) is 9.77 Å². The van der Waals surface area contributed by atoms with E-state index in [1.807, 2.05) is 0 Å². The molecule has 1 N–H and O–H groups in total. The van der Waals surface area contributed by atoms with Crippen LogP contribution in [-0.4, -0.2) is 66.8 Å². The minimum Gasteiger partial charge on any atom is -0.381 e. The molecule has 2 unspecified atom stereocenters. The molecule has 0 spiro atoms. The lowest BCUT2D eigenvalue weighted by molar-refractivity contribution is 0.0855. The minimum atomic E-state index is 0.443. The van der Waals surface area contributed by atoms with Crippen molar-refractivity contribution in [3.63, 3.8) is 0 Å². The summed E-state index contributed by atoms with van der Waals surface area (Å²) in [6.07, 6.45) is 4.50. The summed E-state index contributed by atoms with van der Waals surface area (Å²) in [5.74, 6) is 1.05. The number of halogens is 1. The van der Waals surface area contributed by atoms with Crippen LogP contribution in [0.4, 0.5) is 11.5 Å². The van der Waals surface area contributed by atoms with E-state index in [1.54, 1.807) is 0 Å². The number of nitrogens with one attached hydrogen (secondary N) is 1. The summed E-state index contributed by atoms with van der Waals surface area (Å²) in [7, 11) is 2.20. The van der Waals surface area contributed by atoms with Crippen molar-refractivity contribution in [2.75, 3.05) is 43.3 Å². The lowest BCUT2D eigenvalue weighted by atomic mass is 10.1. The first-order chi connectivity index (χ1) is 12.7. The van der Waals surface area contributed by atoms with Gasteiger partial charge in [0.15, 0.2) is 5.65 Å². The summed E-state index contributed by atoms with van der Waals surface area (Å²) in [4.78, 5) is 9.81. The quantitative estimate of drug-likeness (QED) is 0.698. The fourth-order valence-electron chi connectivity index (χ4n) is 4.64. The van der Waals surface area contributed by atoms with Gasteiger partial charge in [0.2, 0.25) is 0 Å². The van der Waals surface area contributed by atoms with Crippen LogP contribution in [0.5, 0.6) is 0 Å². The maximum absolute atomic E-state index is 5.76. The van der Waals surface area contributed by atoms with Crippen molar-refractivity contribution in [3.8, 4) is 0 Å². The van der Waals surface area contributed by atoms with E-state index in [0.717, 1.165) is 59.8 Å². The highest BCUT2D eigenvalue weighted by atomic mass is 127.